The van der Waals surface area contributed by atoms with E-state index in [0.717, 1.165) is 83.5 Å². The number of rotatable bonds is 44. The number of hydrogen-bond acceptors (Lipinski definition) is 6. The van der Waals surface area contributed by atoms with Gasteiger partial charge in [0.1, 0.15) is 13.2 Å². The summed E-state index contributed by atoms with van der Waals surface area (Å²) in [7, 11) is 0. The van der Waals surface area contributed by atoms with Gasteiger partial charge in [-0.2, -0.15) is 0 Å². The predicted octanol–water partition coefficient (Wildman–Crippen LogP) is 16.9. The van der Waals surface area contributed by atoms with Crippen LogP contribution in [0.4, 0.5) is 0 Å². The van der Waals surface area contributed by atoms with E-state index in [4.69, 9.17) is 14.2 Å². The summed E-state index contributed by atoms with van der Waals surface area (Å²) in [5, 5.41) is 0. The molecule has 64 heavy (non-hydrogen) atoms. The first-order valence-electron chi connectivity index (χ1n) is 25.5. The van der Waals surface area contributed by atoms with Crippen molar-refractivity contribution in [2.24, 2.45) is 0 Å². The highest BCUT2D eigenvalue weighted by atomic mass is 16.6. The summed E-state index contributed by atoms with van der Waals surface area (Å²) in [6.07, 6.45) is 70.6. The highest BCUT2D eigenvalue weighted by Crippen LogP contribution is 2.12. The Morgan fingerprint density at radius 2 is 0.656 bits per heavy atom. The van der Waals surface area contributed by atoms with Crippen LogP contribution in [-0.4, -0.2) is 37.2 Å². The van der Waals surface area contributed by atoms with Crippen molar-refractivity contribution >= 4 is 17.9 Å². The lowest BCUT2D eigenvalue weighted by molar-refractivity contribution is -0.166. The van der Waals surface area contributed by atoms with Crippen molar-refractivity contribution in [1.29, 1.82) is 0 Å². The van der Waals surface area contributed by atoms with Crippen LogP contribution in [0.2, 0.25) is 0 Å². The maximum Gasteiger partial charge on any atom is 0.306 e. The SMILES string of the molecule is CC/C=C\C/C=C\C/C=C\C/C=C\C/C=C\C/C=C\CCC(=O)OC[C@@H](COC(=O)CCCCCCCCCCCC)OC(=O)CCC/C=C\C/C=C\C/C=C\C/C=C\CCCCC. The molecule has 0 aliphatic carbocycles. The quantitative estimate of drug-likeness (QED) is 0.0262. The van der Waals surface area contributed by atoms with E-state index in [-0.39, 0.29) is 44.0 Å². The number of ether oxygens (including phenoxy) is 3. The van der Waals surface area contributed by atoms with Crippen LogP contribution >= 0.6 is 0 Å². The van der Waals surface area contributed by atoms with Crippen LogP contribution in [0, 0.1) is 0 Å². The van der Waals surface area contributed by atoms with Gasteiger partial charge in [-0.25, -0.2) is 0 Å². The molecule has 0 fully saturated rings. The van der Waals surface area contributed by atoms with Gasteiger partial charge in [0.2, 0.25) is 0 Å². The average Bonchev–Trinajstić information content (AvgIpc) is 3.29. The summed E-state index contributed by atoms with van der Waals surface area (Å²) in [6.45, 7) is 6.35. The molecule has 0 bridgehead atoms. The van der Waals surface area contributed by atoms with Crippen LogP contribution in [0.15, 0.2) is 122 Å². The Bertz CT molecular complexity index is 1390. The summed E-state index contributed by atoms with van der Waals surface area (Å²) >= 11 is 0. The number of esters is 3. The van der Waals surface area contributed by atoms with E-state index in [1.54, 1.807) is 0 Å². The van der Waals surface area contributed by atoms with Crippen LogP contribution < -0.4 is 0 Å². The summed E-state index contributed by atoms with van der Waals surface area (Å²) < 4.78 is 16.6. The first-order chi connectivity index (χ1) is 31.5. The topological polar surface area (TPSA) is 78.9 Å². The minimum Gasteiger partial charge on any atom is -0.462 e. The fourth-order valence-electron chi connectivity index (χ4n) is 6.40. The van der Waals surface area contributed by atoms with Crippen molar-refractivity contribution in [1.82, 2.24) is 0 Å². The third kappa shape index (κ3) is 48.8. The second kappa shape index (κ2) is 51.4. The number of carbonyl (C=O) groups excluding carboxylic acids is 3. The molecule has 0 aromatic rings. The minimum atomic E-state index is -0.837. The monoisotopic (exact) mass is 885 g/mol. The van der Waals surface area contributed by atoms with Gasteiger partial charge in [0, 0.05) is 19.3 Å². The first-order valence-corrected chi connectivity index (χ1v) is 25.5. The molecule has 0 saturated heterocycles. The molecule has 0 rings (SSSR count). The van der Waals surface area contributed by atoms with E-state index >= 15 is 0 Å². The standard InChI is InChI=1S/C58H92O6/c1-4-7-10-13-16-19-22-24-26-28-29-31-32-34-36-39-42-45-48-51-57(60)63-54-55(53-62-56(59)50-47-44-41-38-21-18-15-12-9-6-3)64-58(61)52-49-46-43-40-37-35-33-30-27-25-23-20-17-14-11-8-5-2/h7,10,16-17,19-20,24-27,29,31,33-36,40,42-43,45,55H,4-6,8-9,11-15,18,21-23,28,30,32,37-39,41,44,46-54H2,1-3H3/b10-7-,19-16-,20-17-,26-24-,27-25-,31-29-,35-33-,36-34-,43-40-,45-42-/t55-/m1/s1. The largest absolute Gasteiger partial charge is 0.462 e. The van der Waals surface area contributed by atoms with Crippen molar-refractivity contribution < 1.29 is 28.6 Å². The van der Waals surface area contributed by atoms with Crippen LogP contribution in [0.3, 0.4) is 0 Å². The molecular formula is C58H92O6. The number of carbonyl (C=O) groups is 3. The Kier molecular flexibility index (Phi) is 48.1. The lowest BCUT2D eigenvalue weighted by Gasteiger charge is -2.18. The highest BCUT2D eigenvalue weighted by molar-refractivity contribution is 5.71. The molecule has 6 heteroatoms. The van der Waals surface area contributed by atoms with Gasteiger partial charge in [0.05, 0.1) is 0 Å². The van der Waals surface area contributed by atoms with Gasteiger partial charge in [0.25, 0.3) is 0 Å². The van der Waals surface area contributed by atoms with E-state index < -0.39 is 6.10 Å². The molecule has 0 unspecified atom stereocenters. The molecule has 0 saturated carbocycles. The zero-order valence-corrected chi connectivity index (χ0v) is 41.0. The lowest BCUT2D eigenvalue weighted by atomic mass is 10.1. The van der Waals surface area contributed by atoms with E-state index in [2.05, 4.69) is 130 Å². The second-order valence-corrected chi connectivity index (χ2v) is 16.3. The summed E-state index contributed by atoms with van der Waals surface area (Å²) in [4.78, 5) is 37.9. The first kappa shape index (κ1) is 59.8. The van der Waals surface area contributed by atoms with Crippen molar-refractivity contribution in [3.05, 3.63) is 122 Å². The fourth-order valence-corrected chi connectivity index (χ4v) is 6.40. The van der Waals surface area contributed by atoms with Gasteiger partial charge in [0.15, 0.2) is 6.10 Å². The maximum atomic E-state index is 12.8. The van der Waals surface area contributed by atoms with Crippen LogP contribution in [0.1, 0.15) is 207 Å². The Hall–Kier alpha value is -4.19. The van der Waals surface area contributed by atoms with Crippen molar-refractivity contribution in [3.8, 4) is 0 Å². The molecule has 0 radical (unpaired) electrons. The Labute approximate surface area is 392 Å². The summed E-state index contributed by atoms with van der Waals surface area (Å²) in [6, 6.07) is 0. The van der Waals surface area contributed by atoms with Gasteiger partial charge in [-0.15, -0.1) is 0 Å². The fraction of sp³-hybridized carbons (Fsp3) is 0.603. The van der Waals surface area contributed by atoms with Crippen molar-refractivity contribution in [2.45, 2.75) is 213 Å². The van der Waals surface area contributed by atoms with E-state index in [9.17, 15) is 14.4 Å². The molecule has 0 aromatic heterocycles. The third-order valence-electron chi connectivity index (χ3n) is 10.2. The zero-order valence-electron chi connectivity index (χ0n) is 41.0. The van der Waals surface area contributed by atoms with E-state index in [1.807, 2.05) is 12.2 Å². The zero-order chi connectivity index (χ0) is 46.5. The lowest BCUT2D eigenvalue weighted by Crippen LogP contribution is -2.30. The van der Waals surface area contributed by atoms with Crippen LogP contribution in [0.25, 0.3) is 0 Å². The molecule has 0 aliphatic heterocycles. The van der Waals surface area contributed by atoms with Gasteiger partial charge < -0.3 is 14.2 Å². The normalized spacial score (nSPS) is 13.1. The number of unbranched alkanes of at least 4 members (excludes halogenated alkanes) is 13. The molecule has 6 nitrogen and oxygen atoms in total. The van der Waals surface area contributed by atoms with Crippen molar-refractivity contribution in [3.63, 3.8) is 0 Å². The summed E-state index contributed by atoms with van der Waals surface area (Å²) in [5.74, 6) is -1.08. The van der Waals surface area contributed by atoms with Gasteiger partial charge >= 0.3 is 17.9 Å². The molecule has 1 atom stereocenters. The van der Waals surface area contributed by atoms with Gasteiger partial charge in [-0.05, 0) is 96.3 Å². The maximum absolute atomic E-state index is 12.8. The van der Waals surface area contributed by atoms with Crippen LogP contribution in [0.5, 0.6) is 0 Å². The molecule has 0 spiro atoms. The van der Waals surface area contributed by atoms with Crippen molar-refractivity contribution in [2.75, 3.05) is 13.2 Å². The molecule has 0 aliphatic rings. The smallest absolute Gasteiger partial charge is 0.306 e. The van der Waals surface area contributed by atoms with Gasteiger partial charge in [-0.1, -0.05) is 213 Å². The highest BCUT2D eigenvalue weighted by Gasteiger charge is 2.19. The minimum absolute atomic E-state index is 0.125. The van der Waals surface area contributed by atoms with E-state index in [1.165, 1.54) is 70.6 Å². The Balaban J connectivity index is 4.58. The Morgan fingerprint density at radius 1 is 0.328 bits per heavy atom. The number of allylic oxidation sites excluding steroid dienone is 20. The van der Waals surface area contributed by atoms with Crippen LogP contribution in [-0.2, 0) is 28.6 Å². The van der Waals surface area contributed by atoms with E-state index in [0.29, 0.717) is 19.3 Å². The molecule has 360 valence electrons. The molecule has 0 heterocycles. The second-order valence-electron chi connectivity index (χ2n) is 16.3. The third-order valence-corrected chi connectivity index (χ3v) is 10.2. The molecule has 0 N–H and O–H groups in total. The average molecular weight is 885 g/mol. The van der Waals surface area contributed by atoms with Gasteiger partial charge in [-0.3, -0.25) is 14.4 Å². The Morgan fingerprint density at radius 3 is 1.09 bits per heavy atom. The molecule has 0 aromatic carbocycles. The molecular weight excluding hydrogens is 793 g/mol. The molecule has 0 amide bonds. The number of hydrogen-bond donors (Lipinski definition) is 0. The predicted molar refractivity (Wildman–Crippen MR) is 274 cm³/mol. The summed E-state index contributed by atoms with van der Waals surface area (Å²) in [5.41, 5.74) is 0.